The molecule has 0 spiro atoms. The molecule has 0 saturated carbocycles. The first-order valence-electron chi connectivity index (χ1n) is 8.11. The van der Waals surface area contributed by atoms with Crippen LogP contribution in [0.2, 0.25) is 0 Å². The molecule has 3 heteroatoms. The van der Waals surface area contributed by atoms with E-state index < -0.39 is 0 Å². The van der Waals surface area contributed by atoms with Crippen LogP contribution in [-0.4, -0.2) is 14.2 Å². The van der Waals surface area contributed by atoms with E-state index in [0.717, 1.165) is 33.4 Å². The Morgan fingerprint density at radius 2 is 1.40 bits per heavy atom. The molecule has 0 amide bonds. The number of rotatable bonds is 4. The molecule has 124 valence electrons. The zero-order valence-electron chi connectivity index (χ0n) is 14.2. The first-order valence-corrected chi connectivity index (χ1v) is 8.11. The summed E-state index contributed by atoms with van der Waals surface area (Å²) in [6.45, 7) is 0. The number of methoxy groups -OCH3 is 2. The van der Waals surface area contributed by atoms with Crippen molar-refractivity contribution in [1.82, 2.24) is 0 Å². The second kappa shape index (κ2) is 6.36. The number of ether oxygens (including phenoxy) is 2. The van der Waals surface area contributed by atoms with E-state index >= 15 is 0 Å². The van der Waals surface area contributed by atoms with Gasteiger partial charge in [0.15, 0.2) is 11.5 Å². The van der Waals surface area contributed by atoms with E-state index in [4.69, 9.17) is 13.9 Å². The van der Waals surface area contributed by atoms with Gasteiger partial charge in [0.25, 0.3) is 0 Å². The lowest BCUT2D eigenvalue weighted by molar-refractivity contribution is 0.355. The molecule has 0 aliphatic heterocycles. The molecular formula is C22H18O3. The molecule has 4 aromatic rings. The molecule has 0 fully saturated rings. The summed E-state index contributed by atoms with van der Waals surface area (Å²) in [4.78, 5) is 0. The summed E-state index contributed by atoms with van der Waals surface area (Å²) in [6.07, 6.45) is 0. The molecule has 0 aliphatic carbocycles. The fourth-order valence-corrected chi connectivity index (χ4v) is 3.12. The van der Waals surface area contributed by atoms with E-state index in [1.807, 2.05) is 54.6 Å². The minimum absolute atomic E-state index is 0.698. The van der Waals surface area contributed by atoms with Gasteiger partial charge in [-0.25, -0.2) is 0 Å². The van der Waals surface area contributed by atoms with Gasteiger partial charge in [-0.05, 0) is 23.8 Å². The normalized spacial score (nSPS) is 10.8. The molecule has 0 aliphatic rings. The van der Waals surface area contributed by atoms with Gasteiger partial charge in [-0.1, -0.05) is 54.6 Å². The lowest BCUT2D eigenvalue weighted by atomic mass is 9.98. The third kappa shape index (κ3) is 2.64. The maximum atomic E-state index is 6.20. The smallest absolute Gasteiger partial charge is 0.161 e. The number of benzene rings is 3. The highest BCUT2D eigenvalue weighted by molar-refractivity contribution is 6.01. The Balaban J connectivity index is 2.00. The van der Waals surface area contributed by atoms with Gasteiger partial charge in [-0.2, -0.15) is 0 Å². The topological polar surface area (TPSA) is 31.6 Å². The highest BCUT2D eigenvalue weighted by Crippen LogP contribution is 2.43. The first-order chi connectivity index (χ1) is 12.3. The minimum atomic E-state index is 0.698. The Hall–Kier alpha value is -3.20. The van der Waals surface area contributed by atoms with Gasteiger partial charge in [0.1, 0.15) is 11.3 Å². The molecule has 3 aromatic carbocycles. The van der Waals surface area contributed by atoms with E-state index in [1.165, 1.54) is 0 Å². The predicted octanol–water partition coefficient (Wildman–Crippen LogP) is 5.78. The fraction of sp³-hybridized carbons (Fsp3) is 0.0909. The van der Waals surface area contributed by atoms with Gasteiger partial charge in [-0.3, -0.25) is 0 Å². The summed E-state index contributed by atoms with van der Waals surface area (Å²) in [5.41, 5.74) is 4.00. The quantitative estimate of drug-likeness (QED) is 0.475. The van der Waals surface area contributed by atoms with Crippen molar-refractivity contribution in [2.75, 3.05) is 14.2 Å². The Kier molecular flexibility index (Phi) is 3.90. The highest BCUT2D eigenvalue weighted by atomic mass is 16.5. The molecule has 0 unspecified atom stereocenters. The summed E-state index contributed by atoms with van der Waals surface area (Å²) in [6, 6.07) is 24.2. The molecular weight excluding hydrogens is 312 g/mol. The van der Waals surface area contributed by atoms with E-state index in [1.54, 1.807) is 14.2 Å². The van der Waals surface area contributed by atoms with Crippen molar-refractivity contribution in [3.05, 3.63) is 72.8 Å². The van der Waals surface area contributed by atoms with Crippen LogP contribution in [0.4, 0.5) is 0 Å². The van der Waals surface area contributed by atoms with E-state index in [0.29, 0.717) is 11.5 Å². The van der Waals surface area contributed by atoms with E-state index in [9.17, 15) is 0 Å². The molecule has 4 rings (SSSR count). The van der Waals surface area contributed by atoms with Crippen LogP contribution < -0.4 is 9.47 Å². The van der Waals surface area contributed by atoms with Crippen LogP contribution >= 0.6 is 0 Å². The van der Waals surface area contributed by atoms with Crippen LogP contribution in [0.15, 0.2) is 77.2 Å². The van der Waals surface area contributed by atoms with Crippen molar-refractivity contribution < 1.29 is 13.9 Å². The molecule has 1 aromatic heterocycles. The monoisotopic (exact) mass is 330 g/mol. The van der Waals surface area contributed by atoms with Crippen LogP contribution in [0.25, 0.3) is 33.4 Å². The summed E-state index contributed by atoms with van der Waals surface area (Å²) in [5, 5.41) is 1.08. The van der Waals surface area contributed by atoms with Crippen LogP contribution in [0.5, 0.6) is 11.5 Å². The number of para-hydroxylation sites is 1. The third-order valence-electron chi connectivity index (χ3n) is 4.30. The molecule has 3 nitrogen and oxygen atoms in total. The number of furan rings is 1. The van der Waals surface area contributed by atoms with Gasteiger partial charge >= 0.3 is 0 Å². The molecule has 0 N–H and O–H groups in total. The fourth-order valence-electron chi connectivity index (χ4n) is 3.12. The lowest BCUT2D eigenvalue weighted by Crippen LogP contribution is -1.91. The number of fused-ring (bicyclic) bond motifs is 1. The summed E-state index contributed by atoms with van der Waals surface area (Å²) < 4.78 is 17.0. The second-order valence-corrected chi connectivity index (χ2v) is 5.74. The average Bonchev–Trinajstić information content (AvgIpc) is 3.07. The number of hydrogen-bond donors (Lipinski definition) is 0. The maximum Gasteiger partial charge on any atom is 0.161 e. The molecule has 1 heterocycles. The first kappa shape index (κ1) is 15.3. The van der Waals surface area contributed by atoms with E-state index in [2.05, 4.69) is 18.2 Å². The predicted molar refractivity (Wildman–Crippen MR) is 100 cm³/mol. The Bertz CT molecular complexity index is 1020. The standard InChI is InChI=1S/C22H18O3/c1-23-19-13-12-16(14-20(19)24-2)21-17-10-6-7-11-18(17)25-22(21)15-8-4-3-5-9-15/h3-14H,1-2H3. The molecule has 0 bridgehead atoms. The lowest BCUT2D eigenvalue weighted by Gasteiger charge is -2.10. The van der Waals surface area contributed by atoms with Crippen LogP contribution in [0.3, 0.4) is 0 Å². The van der Waals surface area contributed by atoms with Crippen LogP contribution in [-0.2, 0) is 0 Å². The molecule has 0 saturated heterocycles. The summed E-state index contributed by atoms with van der Waals surface area (Å²) in [7, 11) is 3.29. The SMILES string of the molecule is COc1ccc(-c2c(-c3ccccc3)oc3ccccc23)cc1OC. The van der Waals surface area contributed by atoms with Gasteiger partial charge in [0.05, 0.1) is 14.2 Å². The Labute approximate surface area is 146 Å². The zero-order valence-corrected chi connectivity index (χ0v) is 14.2. The highest BCUT2D eigenvalue weighted by Gasteiger charge is 2.18. The van der Waals surface area contributed by atoms with Crippen molar-refractivity contribution in [2.24, 2.45) is 0 Å². The average molecular weight is 330 g/mol. The van der Waals surface area contributed by atoms with Crippen LogP contribution in [0.1, 0.15) is 0 Å². The van der Waals surface area contributed by atoms with Gasteiger partial charge in [0, 0.05) is 16.5 Å². The van der Waals surface area contributed by atoms with Crippen molar-refractivity contribution in [1.29, 1.82) is 0 Å². The summed E-state index contributed by atoms with van der Waals surface area (Å²) in [5.74, 6) is 2.26. The maximum absolute atomic E-state index is 6.20. The van der Waals surface area contributed by atoms with Crippen LogP contribution in [0, 0.1) is 0 Å². The minimum Gasteiger partial charge on any atom is -0.493 e. The van der Waals surface area contributed by atoms with Crippen molar-refractivity contribution in [3.8, 4) is 33.9 Å². The van der Waals surface area contributed by atoms with Crippen molar-refractivity contribution in [3.63, 3.8) is 0 Å². The van der Waals surface area contributed by atoms with Gasteiger partial charge in [-0.15, -0.1) is 0 Å². The van der Waals surface area contributed by atoms with Gasteiger partial charge in [0.2, 0.25) is 0 Å². The molecule has 25 heavy (non-hydrogen) atoms. The van der Waals surface area contributed by atoms with Crippen molar-refractivity contribution in [2.45, 2.75) is 0 Å². The Morgan fingerprint density at radius 3 is 2.16 bits per heavy atom. The van der Waals surface area contributed by atoms with E-state index in [-0.39, 0.29) is 0 Å². The zero-order chi connectivity index (χ0) is 17.2. The summed E-state index contributed by atoms with van der Waals surface area (Å²) >= 11 is 0. The Morgan fingerprint density at radius 1 is 0.680 bits per heavy atom. The molecule has 0 atom stereocenters. The number of hydrogen-bond acceptors (Lipinski definition) is 3. The van der Waals surface area contributed by atoms with Gasteiger partial charge < -0.3 is 13.9 Å². The second-order valence-electron chi connectivity index (χ2n) is 5.74. The third-order valence-corrected chi connectivity index (χ3v) is 4.30. The largest absolute Gasteiger partial charge is 0.493 e. The molecule has 0 radical (unpaired) electrons. The van der Waals surface area contributed by atoms with Crippen molar-refractivity contribution >= 4 is 11.0 Å².